The minimum Gasteiger partial charge on any atom is -0.477 e. The lowest BCUT2D eigenvalue weighted by Crippen LogP contribution is -2.07. The second-order valence-corrected chi connectivity index (χ2v) is 5.49. The first-order chi connectivity index (χ1) is 10.5. The number of carboxylic acid groups (broad SMARTS) is 1. The Morgan fingerprint density at radius 1 is 1.00 bits per heavy atom. The van der Waals surface area contributed by atoms with Gasteiger partial charge < -0.3 is 5.11 Å². The van der Waals surface area contributed by atoms with Crippen LogP contribution in [0.5, 0.6) is 0 Å². The van der Waals surface area contributed by atoms with E-state index >= 15 is 0 Å². The second-order valence-electron chi connectivity index (χ2n) is 4.62. The fourth-order valence-corrected chi connectivity index (χ4v) is 2.41. The average Bonchev–Trinajstić information content (AvgIpc) is 2.93. The Bertz CT molecular complexity index is 842. The number of halogens is 2. The summed E-state index contributed by atoms with van der Waals surface area (Å²) in [5.74, 6) is -1.06. The Balaban J connectivity index is 2.14. The molecule has 0 unspecified atom stereocenters. The van der Waals surface area contributed by atoms with E-state index in [0.717, 1.165) is 5.56 Å². The lowest BCUT2D eigenvalue weighted by molar-refractivity contribution is 0.0687. The van der Waals surface area contributed by atoms with Gasteiger partial charge in [-0.1, -0.05) is 41.4 Å². The van der Waals surface area contributed by atoms with Crippen molar-refractivity contribution < 1.29 is 9.90 Å². The highest BCUT2D eigenvalue weighted by atomic mass is 35.5. The number of benzene rings is 2. The van der Waals surface area contributed by atoms with E-state index in [-0.39, 0.29) is 5.69 Å². The Morgan fingerprint density at radius 3 is 2.36 bits per heavy atom. The number of hydrogen-bond donors (Lipinski definition) is 1. The van der Waals surface area contributed by atoms with Crippen molar-refractivity contribution in [2.24, 2.45) is 0 Å². The van der Waals surface area contributed by atoms with E-state index in [1.54, 1.807) is 48.5 Å². The van der Waals surface area contributed by atoms with Gasteiger partial charge in [0.05, 0.1) is 11.4 Å². The minimum atomic E-state index is -1.06. The molecule has 3 aromatic rings. The van der Waals surface area contributed by atoms with Crippen LogP contribution in [0, 0.1) is 0 Å². The first-order valence-electron chi connectivity index (χ1n) is 6.40. The molecule has 0 atom stereocenters. The zero-order valence-electron chi connectivity index (χ0n) is 11.2. The fourth-order valence-electron chi connectivity index (χ4n) is 2.10. The van der Waals surface area contributed by atoms with Crippen LogP contribution >= 0.6 is 23.2 Å². The molecule has 0 saturated heterocycles. The second kappa shape index (κ2) is 5.83. The number of aromatic carboxylic acids is 1. The minimum absolute atomic E-state index is 0.0622. The monoisotopic (exact) mass is 332 g/mol. The van der Waals surface area contributed by atoms with Gasteiger partial charge in [-0.05, 0) is 36.4 Å². The molecular weight excluding hydrogens is 323 g/mol. The summed E-state index contributed by atoms with van der Waals surface area (Å²) in [5, 5.41) is 14.9. The normalized spacial score (nSPS) is 10.6. The molecule has 6 heteroatoms. The number of nitrogens with zero attached hydrogens (tertiary/aromatic N) is 2. The third-order valence-electron chi connectivity index (χ3n) is 3.12. The number of carbonyl (C=O) groups is 1. The highest BCUT2D eigenvalue weighted by molar-refractivity contribution is 6.31. The third-order valence-corrected chi connectivity index (χ3v) is 3.61. The topological polar surface area (TPSA) is 55.1 Å². The van der Waals surface area contributed by atoms with E-state index in [1.807, 2.05) is 0 Å². The van der Waals surface area contributed by atoms with Gasteiger partial charge in [0.25, 0.3) is 0 Å². The van der Waals surface area contributed by atoms with Crippen LogP contribution < -0.4 is 0 Å². The van der Waals surface area contributed by atoms with Crippen molar-refractivity contribution >= 4 is 29.2 Å². The number of hydrogen-bond acceptors (Lipinski definition) is 2. The molecule has 0 aliphatic rings. The largest absolute Gasteiger partial charge is 0.477 e. The van der Waals surface area contributed by atoms with Crippen LogP contribution in [0.1, 0.15) is 10.5 Å². The van der Waals surface area contributed by atoms with Gasteiger partial charge in [0, 0.05) is 15.6 Å². The molecule has 0 radical (unpaired) electrons. The quantitative estimate of drug-likeness (QED) is 0.765. The van der Waals surface area contributed by atoms with Crippen molar-refractivity contribution in [3.63, 3.8) is 0 Å². The summed E-state index contributed by atoms with van der Waals surface area (Å²) in [6, 6.07) is 15.4. The Kier molecular flexibility index (Phi) is 3.88. The highest BCUT2D eigenvalue weighted by Gasteiger charge is 2.16. The van der Waals surface area contributed by atoms with Gasteiger partial charge in [-0.15, -0.1) is 0 Å². The van der Waals surface area contributed by atoms with E-state index in [4.69, 9.17) is 23.2 Å². The van der Waals surface area contributed by atoms with E-state index in [9.17, 15) is 9.90 Å². The van der Waals surface area contributed by atoms with Gasteiger partial charge in [0.15, 0.2) is 5.69 Å². The molecule has 0 aliphatic carbocycles. The average molecular weight is 333 g/mol. The van der Waals surface area contributed by atoms with E-state index in [1.165, 1.54) is 10.7 Å². The third kappa shape index (κ3) is 2.84. The molecule has 0 fully saturated rings. The summed E-state index contributed by atoms with van der Waals surface area (Å²) in [7, 11) is 0. The van der Waals surface area contributed by atoms with Crippen molar-refractivity contribution in [1.82, 2.24) is 9.78 Å². The van der Waals surface area contributed by atoms with Crippen LogP contribution in [-0.4, -0.2) is 20.9 Å². The molecule has 4 nitrogen and oxygen atoms in total. The SMILES string of the molecule is O=C(O)c1cc(-c2ccc(Cl)cc2)nn1-c1cccc(Cl)c1. The zero-order chi connectivity index (χ0) is 15.7. The van der Waals surface area contributed by atoms with Gasteiger partial charge in [-0.3, -0.25) is 0 Å². The summed E-state index contributed by atoms with van der Waals surface area (Å²) in [6.07, 6.45) is 0. The molecule has 1 aromatic heterocycles. The molecular formula is C16H10Cl2N2O2. The summed E-state index contributed by atoms with van der Waals surface area (Å²) < 4.78 is 1.36. The molecule has 22 heavy (non-hydrogen) atoms. The Morgan fingerprint density at radius 2 is 1.73 bits per heavy atom. The summed E-state index contributed by atoms with van der Waals surface area (Å²) in [5.41, 5.74) is 1.99. The van der Waals surface area contributed by atoms with Crippen LogP contribution in [0.15, 0.2) is 54.6 Å². The standard InChI is InChI=1S/C16H10Cl2N2O2/c17-11-6-4-10(5-7-11)14-9-15(16(21)22)20(19-14)13-3-1-2-12(18)8-13/h1-9H,(H,21,22). The Hall–Kier alpha value is -2.30. The molecule has 2 aromatic carbocycles. The molecule has 3 rings (SSSR count). The first kappa shape index (κ1) is 14.6. The van der Waals surface area contributed by atoms with Crippen LogP contribution in [0.4, 0.5) is 0 Å². The summed E-state index contributed by atoms with van der Waals surface area (Å²) in [6.45, 7) is 0. The van der Waals surface area contributed by atoms with E-state index in [2.05, 4.69) is 5.10 Å². The molecule has 0 spiro atoms. The van der Waals surface area contributed by atoms with Crippen molar-refractivity contribution in [3.05, 3.63) is 70.3 Å². The van der Waals surface area contributed by atoms with Crippen molar-refractivity contribution in [3.8, 4) is 16.9 Å². The van der Waals surface area contributed by atoms with Gasteiger partial charge in [0.1, 0.15) is 0 Å². The zero-order valence-corrected chi connectivity index (χ0v) is 12.7. The Labute approximate surface area is 136 Å². The lowest BCUT2D eigenvalue weighted by Gasteiger charge is -2.04. The molecule has 1 N–H and O–H groups in total. The van der Waals surface area contributed by atoms with E-state index < -0.39 is 5.97 Å². The summed E-state index contributed by atoms with van der Waals surface area (Å²) >= 11 is 11.8. The number of aromatic nitrogens is 2. The molecule has 0 bridgehead atoms. The van der Waals surface area contributed by atoms with Crippen LogP contribution in [0.2, 0.25) is 10.0 Å². The maximum absolute atomic E-state index is 11.5. The predicted molar refractivity (Wildman–Crippen MR) is 86.0 cm³/mol. The first-order valence-corrected chi connectivity index (χ1v) is 7.15. The maximum atomic E-state index is 11.5. The molecule has 0 saturated carbocycles. The predicted octanol–water partition coefficient (Wildman–Crippen LogP) is 4.54. The van der Waals surface area contributed by atoms with Crippen molar-refractivity contribution in [1.29, 1.82) is 0 Å². The van der Waals surface area contributed by atoms with E-state index in [0.29, 0.717) is 21.4 Å². The molecule has 110 valence electrons. The van der Waals surface area contributed by atoms with Gasteiger partial charge in [-0.2, -0.15) is 5.10 Å². The number of carboxylic acids is 1. The van der Waals surface area contributed by atoms with Gasteiger partial charge in [-0.25, -0.2) is 9.48 Å². The van der Waals surface area contributed by atoms with Crippen molar-refractivity contribution in [2.75, 3.05) is 0 Å². The maximum Gasteiger partial charge on any atom is 0.354 e. The highest BCUT2D eigenvalue weighted by Crippen LogP contribution is 2.24. The molecule has 0 aliphatic heterocycles. The van der Waals surface area contributed by atoms with Gasteiger partial charge >= 0.3 is 5.97 Å². The van der Waals surface area contributed by atoms with Crippen LogP contribution in [0.3, 0.4) is 0 Å². The number of rotatable bonds is 3. The van der Waals surface area contributed by atoms with Crippen molar-refractivity contribution in [2.45, 2.75) is 0 Å². The molecule has 1 heterocycles. The smallest absolute Gasteiger partial charge is 0.354 e. The fraction of sp³-hybridized carbons (Fsp3) is 0. The summed E-state index contributed by atoms with van der Waals surface area (Å²) in [4.78, 5) is 11.5. The van der Waals surface area contributed by atoms with Gasteiger partial charge in [0.2, 0.25) is 0 Å². The van der Waals surface area contributed by atoms with Crippen LogP contribution in [-0.2, 0) is 0 Å². The van der Waals surface area contributed by atoms with Crippen LogP contribution in [0.25, 0.3) is 16.9 Å². The lowest BCUT2D eigenvalue weighted by atomic mass is 10.1. The molecule has 0 amide bonds.